The smallest absolute Gasteiger partial charge is 0.259 e. The normalized spacial score (nSPS) is 16.3. The summed E-state index contributed by atoms with van der Waals surface area (Å²) < 4.78 is 6.24. The molecule has 5 nitrogen and oxygen atoms in total. The lowest BCUT2D eigenvalue weighted by Crippen LogP contribution is -2.46. The van der Waals surface area contributed by atoms with Gasteiger partial charge in [-0.15, -0.1) is 0 Å². The summed E-state index contributed by atoms with van der Waals surface area (Å²) in [5.41, 5.74) is 3.59. The topological polar surface area (TPSA) is 44.8 Å². The molecule has 0 atom stereocenters. The summed E-state index contributed by atoms with van der Waals surface area (Å²) in [5, 5.41) is 2.95. The third-order valence-corrected chi connectivity index (χ3v) is 5.55. The fraction of sp³-hybridized carbons (Fsp3) is 0.208. The minimum Gasteiger partial charge on any atom is -0.452 e. The maximum atomic E-state index is 12.7. The highest BCUT2D eigenvalue weighted by Crippen LogP contribution is 2.41. The van der Waals surface area contributed by atoms with Crippen LogP contribution in [0.4, 0.5) is 11.4 Å². The third-order valence-electron chi connectivity index (χ3n) is 5.55. The molecule has 1 saturated heterocycles. The zero-order valence-electron chi connectivity index (χ0n) is 16.2. The van der Waals surface area contributed by atoms with Crippen molar-refractivity contribution in [1.29, 1.82) is 0 Å². The van der Waals surface area contributed by atoms with Gasteiger partial charge in [-0.1, -0.05) is 48.5 Å². The first-order chi connectivity index (χ1) is 14.3. The highest BCUT2D eigenvalue weighted by molar-refractivity contribution is 6.09. The highest BCUT2D eigenvalue weighted by atomic mass is 16.5. The van der Waals surface area contributed by atoms with Crippen molar-refractivity contribution < 1.29 is 9.53 Å². The van der Waals surface area contributed by atoms with E-state index in [0.29, 0.717) is 22.7 Å². The molecule has 0 bridgehead atoms. The minimum absolute atomic E-state index is 0.130. The largest absolute Gasteiger partial charge is 0.452 e. The van der Waals surface area contributed by atoms with Crippen molar-refractivity contribution >= 4 is 17.3 Å². The number of ether oxygens (including phenoxy) is 1. The van der Waals surface area contributed by atoms with Gasteiger partial charge in [-0.25, -0.2) is 0 Å². The van der Waals surface area contributed by atoms with Crippen LogP contribution in [-0.2, 0) is 6.54 Å². The van der Waals surface area contributed by atoms with Crippen molar-refractivity contribution in [2.45, 2.75) is 6.54 Å². The van der Waals surface area contributed by atoms with Crippen LogP contribution in [-0.4, -0.2) is 37.0 Å². The maximum absolute atomic E-state index is 12.7. The number of hydrogen-bond donors (Lipinski definition) is 1. The van der Waals surface area contributed by atoms with Gasteiger partial charge in [0.25, 0.3) is 5.91 Å². The SMILES string of the molecule is O=C1Nc2ccccc2Oc2c1cccc2N1CCN(Cc2ccccc2)CC1. The summed E-state index contributed by atoms with van der Waals surface area (Å²) >= 11 is 0. The van der Waals surface area contributed by atoms with E-state index in [1.165, 1.54) is 5.56 Å². The Kier molecular flexibility index (Phi) is 4.66. The lowest BCUT2D eigenvalue weighted by molar-refractivity contribution is 0.102. The zero-order valence-corrected chi connectivity index (χ0v) is 16.2. The summed E-state index contributed by atoms with van der Waals surface area (Å²) in [5.74, 6) is 1.19. The number of carbonyl (C=O) groups is 1. The molecule has 1 N–H and O–H groups in total. The Morgan fingerprint density at radius 1 is 0.828 bits per heavy atom. The summed E-state index contributed by atoms with van der Waals surface area (Å²) in [6.45, 7) is 4.71. The second kappa shape index (κ2) is 7.60. The van der Waals surface area contributed by atoms with Crippen LogP contribution in [0, 0.1) is 0 Å². The molecular weight excluding hydrogens is 362 g/mol. The number of amides is 1. The molecule has 2 aliphatic rings. The average molecular weight is 385 g/mol. The Morgan fingerprint density at radius 3 is 2.41 bits per heavy atom. The summed E-state index contributed by atoms with van der Waals surface area (Å²) in [7, 11) is 0. The summed E-state index contributed by atoms with van der Waals surface area (Å²) in [4.78, 5) is 17.5. The van der Waals surface area contributed by atoms with Crippen molar-refractivity contribution in [3.8, 4) is 11.5 Å². The predicted molar refractivity (Wildman–Crippen MR) is 115 cm³/mol. The number of hydrogen-bond acceptors (Lipinski definition) is 4. The van der Waals surface area contributed by atoms with E-state index in [1.54, 1.807) is 0 Å². The van der Waals surface area contributed by atoms with Gasteiger partial charge in [0, 0.05) is 32.7 Å². The first-order valence-corrected chi connectivity index (χ1v) is 10.0. The van der Waals surface area contributed by atoms with Crippen molar-refractivity contribution in [1.82, 2.24) is 4.90 Å². The van der Waals surface area contributed by atoms with Crippen molar-refractivity contribution in [3.05, 3.63) is 83.9 Å². The molecule has 1 amide bonds. The van der Waals surface area contributed by atoms with Crippen LogP contribution in [0.15, 0.2) is 72.8 Å². The molecule has 3 aromatic carbocycles. The van der Waals surface area contributed by atoms with Crippen LogP contribution in [0.25, 0.3) is 0 Å². The summed E-state index contributed by atoms with van der Waals surface area (Å²) in [6, 6.07) is 23.9. The first-order valence-electron chi connectivity index (χ1n) is 10.0. The van der Waals surface area contributed by atoms with E-state index in [-0.39, 0.29) is 5.91 Å². The van der Waals surface area contributed by atoms with E-state index in [9.17, 15) is 4.79 Å². The quantitative estimate of drug-likeness (QED) is 0.727. The first kappa shape index (κ1) is 17.8. The molecule has 5 heteroatoms. The van der Waals surface area contributed by atoms with Gasteiger partial charge in [-0.05, 0) is 29.8 Å². The highest BCUT2D eigenvalue weighted by Gasteiger charge is 2.27. The molecule has 0 spiro atoms. The minimum atomic E-state index is -0.130. The Balaban J connectivity index is 1.37. The van der Waals surface area contributed by atoms with Crippen LogP contribution in [0.5, 0.6) is 11.5 Å². The lowest BCUT2D eigenvalue weighted by Gasteiger charge is -2.36. The molecule has 0 aliphatic carbocycles. The van der Waals surface area contributed by atoms with Crippen LogP contribution in [0.3, 0.4) is 0 Å². The predicted octanol–water partition coefficient (Wildman–Crippen LogP) is 4.37. The molecule has 2 heterocycles. The number of rotatable bonds is 3. The van der Waals surface area contributed by atoms with Gasteiger partial charge >= 0.3 is 0 Å². The van der Waals surface area contributed by atoms with Crippen LogP contribution >= 0.6 is 0 Å². The number of carbonyl (C=O) groups excluding carboxylic acids is 1. The zero-order chi connectivity index (χ0) is 19.6. The van der Waals surface area contributed by atoms with Crippen LogP contribution in [0.2, 0.25) is 0 Å². The lowest BCUT2D eigenvalue weighted by atomic mass is 10.1. The fourth-order valence-electron chi connectivity index (χ4n) is 4.01. The Bertz CT molecular complexity index is 1030. The van der Waals surface area contributed by atoms with Gasteiger partial charge in [0.15, 0.2) is 11.5 Å². The van der Waals surface area contributed by atoms with E-state index < -0.39 is 0 Å². The second-order valence-corrected chi connectivity index (χ2v) is 7.45. The average Bonchev–Trinajstić information content (AvgIpc) is 2.91. The Labute approximate surface area is 170 Å². The summed E-state index contributed by atoms with van der Waals surface area (Å²) in [6.07, 6.45) is 0. The van der Waals surface area contributed by atoms with Crippen LogP contribution < -0.4 is 15.0 Å². The number of anilines is 2. The number of fused-ring (bicyclic) bond motifs is 2. The molecule has 0 radical (unpaired) electrons. The number of nitrogens with zero attached hydrogens (tertiary/aromatic N) is 2. The molecule has 0 unspecified atom stereocenters. The van der Waals surface area contributed by atoms with Crippen molar-refractivity contribution in [2.75, 3.05) is 36.4 Å². The monoisotopic (exact) mass is 385 g/mol. The van der Waals surface area contributed by atoms with Crippen molar-refractivity contribution in [2.24, 2.45) is 0 Å². The van der Waals surface area contributed by atoms with Gasteiger partial charge in [0.1, 0.15) is 0 Å². The van der Waals surface area contributed by atoms with E-state index in [2.05, 4.69) is 45.4 Å². The Hall–Kier alpha value is -3.31. The van der Waals surface area contributed by atoms with Gasteiger partial charge in [-0.2, -0.15) is 0 Å². The number of benzene rings is 3. The standard InChI is InChI=1S/C24H23N3O2/c28-24-19-9-6-11-21(23(19)29-22-12-5-4-10-20(22)25-24)27-15-13-26(14-16-27)17-18-7-2-1-3-8-18/h1-12H,13-17H2,(H,25,28). The number of piperazine rings is 1. The molecule has 29 heavy (non-hydrogen) atoms. The van der Waals surface area contributed by atoms with Gasteiger partial charge in [0.2, 0.25) is 0 Å². The molecule has 0 saturated carbocycles. The molecule has 5 rings (SSSR count). The Morgan fingerprint density at radius 2 is 1.59 bits per heavy atom. The third kappa shape index (κ3) is 3.57. The molecule has 3 aromatic rings. The molecular formula is C24H23N3O2. The van der Waals surface area contributed by atoms with Crippen molar-refractivity contribution in [3.63, 3.8) is 0 Å². The van der Waals surface area contributed by atoms with Gasteiger partial charge < -0.3 is 15.0 Å². The van der Waals surface area contributed by atoms with Gasteiger partial charge in [-0.3, -0.25) is 9.69 Å². The molecule has 2 aliphatic heterocycles. The van der Waals surface area contributed by atoms with E-state index in [0.717, 1.165) is 38.4 Å². The van der Waals surface area contributed by atoms with Crippen LogP contribution in [0.1, 0.15) is 15.9 Å². The number of nitrogens with one attached hydrogen (secondary N) is 1. The molecule has 1 fully saturated rings. The maximum Gasteiger partial charge on any atom is 0.259 e. The van der Waals surface area contributed by atoms with E-state index in [4.69, 9.17) is 4.74 Å². The fourth-order valence-corrected chi connectivity index (χ4v) is 4.01. The van der Waals surface area contributed by atoms with E-state index >= 15 is 0 Å². The van der Waals surface area contributed by atoms with E-state index in [1.807, 2.05) is 42.5 Å². The second-order valence-electron chi connectivity index (χ2n) is 7.45. The van der Waals surface area contributed by atoms with Gasteiger partial charge in [0.05, 0.1) is 16.9 Å². The number of para-hydroxylation sites is 3. The molecule has 146 valence electrons. The molecule has 0 aromatic heterocycles.